The number of aliphatic hydroxyl groups is 1. The second-order valence-corrected chi connectivity index (χ2v) is 6.53. The molecule has 1 unspecified atom stereocenters. The van der Waals surface area contributed by atoms with Gasteiger partial charge in [-0.3, -0.25) is 9.69 Å². The normalized spacial score (nSPS) is 19.8. The summed E-state index contributed by atoms with van der Waals surface area (Å²) < 4.78 is 10.8. The fourth-order valence-electron chi connectivity index (χ4n) is 3.04. The van der Waals surface area contributed by atoms with E-state index < -0.39 is 0 Å². The van der Waals surface area contributed by atoms with Crippen LogP contribution < -0.4 is 9.47 Å². The first-order chi connectivity index (χ1) is 11.7. The minimum Gasteiger partial charge on any atom is -0.493 e. The summed E-state index contributed by atoms with van der Waals surface area (Å²) in [5.41, 5.74) is 0. The maximum atomic E-state index is 12.3. The van der Waals surface area contributed by atoms with Crippen LogP contribution in [0.5, 0.6) is 11.5 Å². The van der Waals surface area contributed by atoms with Gasteiger partial charge in [0.2, 0.25) is 0 Å². The van der Waals surface area contributed by atoms with E-state index in [4.69, 9.17) is 9.47 Å². The van der Waals surface area contributed by atoms with Crippen molar-refractivity contribution in [3.05, 3.63) is 24.3 Å². The average molecular weight is 334 g/mol. The van der Waals surface area contributed by atoms with Gasteiger partial charge < -0.3 is 19.5 Å². The molecule has 2 fully saturated rings. The van der Waals surface area contributed by atoms with Crippen molar-refractivity contribution in [3.8, 4) is 11.5 Å². The third-order valence-electron chi connectivity index (χ3n) is 4.76. The van der Waals surface area contributed by atoms with Gasteiger partial charge in [0.1, 0.15) is 0 Å². The summed E-state index contributed by atoms with van der Waals surface area (Å²) in [5, 5.41) is 10.0. The molecule has 3 rings (SSSR count). The van der Waals surface area contributed by atoms with E-state index in [1.54, 1.807) is 13.2 Å². The van der Waals surface area contributed by atoms with Crippen LogP contribution in [0.15, 0.2) is 24.3 Å². The third-order valence-corrected chi connectivity index (χ3v) is 4.76. The molecule has 1 aliphatic carbocycles. The fraction of sp³-hybridized carbons (Fsp3) is 0.611. The molecule has 1 aromatic carbocycles. The van der Waals surface area contributed by atoms with Gasteiger partial charge in [-0.05, 0) is 30.9 Å². The first-order valence-electron chi connectivity index (χ1n) is 8.61. The van der Waals surface area contributed by atoms with Crippen molar-refractivity contribution in [3.63, 3.8) is 0 Å². The standard InChI is InChI=1S/C18H26N2O4/c1-23-16-4-2-3-5-17(16)24-13-18(22)20-10-8-19(9-11-20)12-15(21)14-6-7-14/h2-5,14-15,21H,6-13H2,1H3. The number of methoxy groups -OCH3 is 1. The van der Waals surface area contributed by atoms with Gasteiger partial charge >= 0.3 is 0 Å². The number of benzene rings is 1. The number of nitrogens with zero attached hydrogens (tertiary/aromatic N) is 2. The highest BCUT2D eigenvalue weighted by atomic mass is 16.5. The van der Waals surface area contributed by atoms with E-state index in [1.165, 1.54) is 0 Å². The predicted molar refractivity (Wildman–Crippen MR) is 90.2 cm³/mol. The molecule has 1 amide bonds. The molecule has 0 spiro atoms. The highest BCUT2D eigenvalue weighted by Gasteiger charge is 2.32. The zero-order valence-corrected chi connectivity index (χ0v) is 14.2. The number of amides is 1. The second kappa shape index (κ2) is 7.85. The van der Waals surface area contributed by atoms with E-state index >= 15 is 0 Å². The molecule has 1 saturated heterocycles. The Kier molecular flexibility index (Phi) is 5.58. The summed E-state index contributed by atoms with van der Waals surface area (Å²) in [6.45, 7) is 3.74. The van der Waals surface area contributed by atoms with Crippen LogP contribution in [0.2, 0.25) is 0 Å². The SMILES string of the molecule is COc1ccccc1OCC(=O)N1CCN(CC(O)C2CC2)CC1. The molecule has 1 heterocycles. The molecular weight excluding hydrogens is 308 g/mol. The van der Waals surface area contributed by atoms with Gasteiger partial charge in [-0.15, -0.1) is 0 Å². The smallest absolute Gasteiger partial charge is 0.260 e. The molecule has 1 atom stereocenters. The van der Waals surface area contributed by atoms with Gasteiger partial charge in [0, 0.05) is 32.7 Å². The fourth-order valence-corrected chi connectivity index (χ4v) is 3.04. The maximum Gasteiger partial charge on any atom is 0.260 e. The van der Waals surface area contributed by atoms with Gasteiger partial charge in [-0.2, -0.15) is 0 Å². The first-order valence-corrected chi connectivity index (χ1v) is 8.61. The Labute approximate surface area is 143 Å². The van der Waals surface area contributed by atoms with Gasteiger partial charge in [0.15, 0.2) is 18.1 Å². The Balaban J connectivity index is 1.41. The van der Waals surface area contributed by atoms with Crippen LogP contribution in [0, 0.1) is 5.92 Å². The van der Waals surface area contributed by atoms with E-state index in [9.17, 15) is 9.90 Å². The lowest BCUT2D eigenvalue weighted by Crippen LogP contribution is -2.51. The number of para-hydroxylation sites is 2. The Morgan fingerprint density at radius 2 is 1.88 bits per heavy atom. The van der Waals surface area contributed by atoms with Gasteiger partial charge in [-0.1, -0.05) is 12.1 Å². The largest absolute Gasteiger partial charge is 0.493 e. The lowest BCUT2D eigenvalue weighted by Gasteiger charge is -2.35. The van der Waals surface area contributed by atoms with Crippen molar-refractivity contribution in [2.45, 2.75) is 18.9 Å². The molecule has 1 aliphatic heterocycles. The van der Waals surface area contributed by atoms with E-state index in [-0.39, 0.29) is 18.6 Å². The molecule has 0 aromatic heterocycles. The van der Waals surface area contributed by atoms with Crippen LogP contribution in [0.25, 0.3) is 0 Å². The highest BCUT2D eigenvalue weighted by molar-refractivity contribution is 5.78. The number of piperazine rings is 1. The molecule has 2 aliphatic rings. The molecular formula is C18H26N2O4. The number of rotatable bonds is 7. The van der Waals surface area contributed by atoms with Crippen molar-refractivity contribution >= 4 is 5.91 Å². The zero-order valence-electron chi connectivity index (χ0n) is 14.2. The number of hydrogen-bond donors (Lipinski definition) is 1. The molecule has 6 nitrogen and oxygen atoms in total. The summed E-state index contributed by atoms with van der Waals surface area (Å²) in [7, 11) is 1.58. The average Bonchev–Trinajstić information content (AvgIpc) is 3.45. The first kappa shape index (κ1) is 17.0. The van der Waals surface area contributed by atoms with Crippen LogP contribution in [0.1, 0.15) is 12.8 Å². The van der Waals surface area contributed by atoms with E-state index in [1.807, 2.05) is 23.1 Å². The Morgan fingerprint density at radius 1 is 1.21 bits per heavy atom. The molecule has 6 heteroatoms. The summed E-state index contributed by atoms with van der Waals surface area (Å²) in [5.74, 6) is 1.70. The lowest BCUT2D eigenvalue weighted by molar-refractivity contribution is -0.135. The van der Waals surface area contributed by atoms with Crippen LogP contribution in [-0.4, -0.2) is 73.4 Å². The van der Waals surface area contributed by atoms with Crippen LogP contribution in [-0.2, 0) is 4.79 Å². The quantitative estimate of drug-likeness (QED) is 0.806. The molecule has 1 aromatic rings. The van der Waals surface area contributed by atoms with Gasteiger partial charge in [0.25, 0.3) is 5.91 Å². The topological polar surface area (TPSA) is 62.2 Å². The molecule has 132 valence electrons. The maximum absolute atomic E-state index is 12.3. The van der Waals surface area contributed by atoms with E-state index in [0.29, 0.717) is 30.5 Å². The zero-order chi connectivity index (χ0) is 16.9. The summed E-state index contributed by atoms with van der Waals surface area (Å²) >= 11 is 0. The van der Waals surface area contributed by atoms with Crippen LogP contribution in [0.4, 0.5) is 0 Å². The number of aliphatic hydroxyl groups excluding tert-OH is 1. The predicted octanol–water partition coefficient (Wildman–Crippen LogP) is 0.989. The summed E-state index contributed by atoms with van der Waals surface area (Å²) in [4.78, 5) is 16.4. The molecule has 0 bridgehead atoms. The summed E-state index contributed by atoms with van der Waals surface area (Å²) in [6.07, 6.45) is 2.10. The van der Waals surface area contributed by atoms with Crippen molar-refractivity contribution < 1.29 is 19.4 Å². The van der Waals surface area contributed by atoms with Crippen LogP contribution >= 0.6 is 0 Å². The Bertz CT molecular complexity index is 554. The molecule has 0 radical (unpaired) electrons. The molecule has 24 heavy (non-hydrogen) atoms. The van der Waals surface area contributed by atoms with Gasteiger partial charge in [0.05, 0.1) is 13.2 Å². The van der Waals surface area contributed by atoms with E-state index in [2.05, 4.69) is 4.90 Å². The third kappa shape index (κ3) is 4.39. The second-order valence-electron chi connectivity index (χ2n) is 6.53. The highest BCUT2D eigenvalue weighted by Crippen LogP contribution is 2.33. The van der Waals surface area contributed by atoms with Crippen LogP contribution in [0.3, 0.4) is 0 Å². The molecule has 1 saturated carbocycles. The molecule has 1 N–H and O–H groups in total. The van der Waals surface area contributed by atoms with Crippen molar-refractivity contribution in [1.29, 1.82) is 0 Å². The lowest BCUT2D eigenvalue weighted by atomic mass is 10.2. The number of β-amino-alcohol motifs (C(OH)–C–C–N with tert-alkyl or cyclic N) is 1. The Hall–Kier alpha value is -1.79. The minimum absolute atomic E-state index is 0.0108. The summed E-state index contributed by atoms with van der Waals surface area (Å²) in [6, 6.07) is 7.32. The number of carbonyl (C=O) groups excluding carboxylic acids is 1. The minimum atomic E-state index is -0.207. The number of hydrogen-bond acceptors (Lipinski definition) is 5. The number of ether oxygens (including phenoxy) is 2. The number of carbonyl (C=O) groups is 1. The van der Waals surface area contributed by atoms with Crippen molar-refractivity contribution in [2.75, 3.05) is 46.4 Å². The van der Waals surface area contributed by atoms with Crippen molar-refractivity contribution in [1.82, 2.24) is 9.80 Å². The Morgan fingerprint density at radius 3 is 2.50 bits per heavy atom. The van der Waals surface area contributed by atoms with Gasteiger partial charge in [-0.25, -0.2) is 0 Å². The van der Waals surface area contributed by atoms with Crippen molar-refractivity contribution in [2.24, 2.45) is 5.92 Å². The monoisotopic (exact) mass is 334 g/mol. The van der Waals surface area contributed by atoms with E-state index in [0.717, 1.165) is 32.5 Å².